The minimum atomic E-state index is 0.425. The van der Waals surface area contributed by atoms with Gasteiger partial charge in [-0.3, -0.25) is 4.98 Å². The second kappa shape index (κ2) is 4.95. The van der Waals surface area contributed by atoms with E-state index in [-0.39, 0.29) is 0 Å². The van der Waals surface area contributed by atoms with Gasteiger partial charge in [0.2, 0.25) is 0 Å². The van der Waals surface area contributed by atoms with Crippen LogP contribution in [0.15, 0.2) is 18.5 Å². The molecule has 0 amide bonds. The van der Waals surface area contributed by atoms with Crippen LogP contribution in [-0.4, -0.2) is 11.0 Å². The smallest absolute Gasteiger partial charge is 0.0621 e. The Bertz CT molecular complexity index is 319. The molecular formula is C12H17ClN2. The number of nitrogens with two attached hydrogens (primary N) is 1. The summed E-state index contributed by atoms with van der Waals surface area (Å²) in [5, 5.41) is 0.798. The molecule has 0 aromatic carbocycles. The third kappa shape index (κ3) is 2.93. The van der Waals surface area contributed by atoms with Gasteiger partial charge in [0.15, 0.2) is 0 Å². The van der Waals surface area contributed by atoms with Crippen molar-refractivity contribution in [3.05, 3.63) is 29.0 Å². The summed E-state index contributed by atoms with van der Waals surface area (Å²) >= 11 is 6.08. The Labute approximate surface area is 95.8 Å². The fourth-order valence-corrected chi connectivity index (χ4v) is 2.47. The summed E-state index contributed by atoms with van der Waals surface area (Å²) in [7, 11) is 0. The first kappa shape index (κ1) is 10.9. The van der Waals surface area contributed by atoms with Gasteiger partial charge in [0.1, 0.15) is 0 Å². The standard InChI is InChI=1S/C12H17ClN2/c13-12-8-15-6-5-10(12)7-9-1-3-11(14)4-2-9/h5-6,8-9,11H,1-4,7,14H2. The van der Waals surface area contributed by atoms with Crippen molar-refractivity contribution in [1.82, 2.24) is 4.98 Å². The van der Waals surface area contributed by atoms with E-state index in [0.29, 0.717) is 6.04 Å². The van der Waals surface area contributed by atoms with Crippen LogP contribution in [0.5, 0.6) is 0 Å². The van der Waals surface area contributed by atoms with Crippen LogP contribution in [-0.2, 0) is 6.42 Å². The lowest BCUT2D eigenvalue weighted by molar-refractivity contribution is 0.325. The van der Waals surface area contributed by atoms with E-state index in [4.69, 9.17) is 17.3 Å². The average molecular weight is 225 g/mol. The van der Waals surface area contributed by atoms with Gasteiger partial charge in [-0.1, -0.05) is 11.6 Å². The van der Waals surface area contributed by atoms with Gasteiger partial charge >= 0.3 is 0 Å². The third-order valence-electron chi connectivity index (χ3n) is 3.26. The molecule has 0 saturated heterocycles. The lowest BCUT2D eigenvalue weighted by Gasteiger charge is -2.26. The molecule has 0 unspecified atom stereocenters. The predicted octanol–water partition coefficient (Wildman–Crippen LogP) is 2.80. The first-order valence-electron chi connectivity index (χ1n) is 5.59. The molecule has 0 radical (unpaired) electrons. The number of nitrogens with zero attached hydrogens (tertiary/aromatic N) is 1. The van der Waals surface area contributed by atoms with Crippen LogP contribution in [0.2, 0.25) is 5.02 Å². The van der Waals surface area contributed by atoms with Gasteiger partial charge in [-0.25, -0.2) is 0 Å². The highest BCUT2D eigenvalue weighted by Gasteiger charge is 2.19. The van der Waals surface area contributed by atoms with E-state index in [1.54, 1.807) is 6.20 Å². The molecule has 3 heteroatoms. The van der Waals surface area contributed by atoms with Gasteiger partial charge in [-0.05, 0) is 49.7 Å². The number of hydrogen-bond acceptors (Lipinski definition) is 2. The molecule has 82 valence electrons. The zero-order chi connectivity index (χ0) is 10.7. The monoisotopic (exact) mass is 224 g/mol. The van der Waals surface area contributed by atoms with Gasteiger partial charge in [-0.15, -0.1) is 0 Å². The average Bonchev–Trinajstić information content (AvgIpc) is 2.25. The van der Waals surface area contributed by atoms with Crippen LogP contribution in [0.25, 0.3) is 0 Å². The zero-order valence-electron chi connectivity index (χ0n) is 8.82. The Balaban J connectivity index is 1.95. The Hall–Kier alpha value is -0.600. The first-order chi connectivity index (χ1) is 7.25. The van der Waals surface area contributed by atoms with Crippen LogP contribution in [0.4, 0.5) is 0 Å². The van der Waals surface area contributed by atoms with E-state index >= 15 is 0 Å². The maximum absolute atomic E-state index is 6.08. The number of pyridine rings is 1. The lowest BCUT2D eigenvalue weighted by atomic mass is 9.83. The van der Waals surface area contributed by atoms with Crippen LogP contribution < -0.4 is 5.73 Å². The number of rotatable bonds is 2. The Morgan fingerprint density at radius 2 is 2.07 bits per heavy atom. The Morgan fingerprint density at radius 1 is 1.33 bits per heavy atom. The summed E-state index contributed by atoms with van der Waals surface area (Å²) in [6.07, 6.45) is 9.41. The molecule has 1 heterocycles. The summed E-state index contributed by atoms with van der Waals surface area (Å²) in [5.74, 6) is 0.754. The normalized spacial score (nSPS) is 26.5. The molecule has 1 aliphatic rings. The predicted molar refractivity (Wildman–Crippen MR) is 62.9 cm³/mol. The summed E-state index contributed by atoms with van der Waals surface area (Å²) in [5.41, 5.74) is 7.11. The van der Waals surface area contributed by atoms with Gasteiger partial charge in [-0.2, -0.15) is 0 Å². The molecule has 1 saturated carbocycles. The minimum Gasteiger partial charge on any atom is -0.328 e. The summed E-state index contributed by atoms with van der Waals surface area (Å²) in [6.45, 7) is 0. The van der Waals surface area contributed by atoms with Crippen molar-refractivity contribution in [3.63, 3.8) is 0 Å². The van der Waals surface area contributed by atoms with Gasteiger partial charge in [0.05, 0.1) is 5.02 Å². The lowest BCUT2D eigenvalue weighted by Crippen LogP contribution is -2.27. The highest BCUT2D eigenvalue weighted by molar-refractivity contribution is 6.31. The van der Waals surface area contributed by atoms with E-state index < -0.39 is 0 Å². The second-order valence-corrected chi connectivity index (χ2v) is 4.86. The molecule has 15 heavy (non-hydrogen) atoms. The largest absolute Gasteiger partial charge is 0.328 e. The van der Waals surface area contributed by atoms with E-state index in [1.807, 2.05) is 12.3 Å². The third-order valence-corrected chi connectivity index (χ3v) is 3.60. The van der Waals surface area contributed by atoms with Crippen molar-refractivity contribution in [1.29, 1.82) is 0 Å². The molecular weight excluding hydrogens is 208 g/mol. The van der Waals surface area contributed by atoms with Crippen LogP contribution in [0, 0.1) is 5.92 Å². The molecule has 2 nitrogen and oxygen atoms in total. The molecule has 0 spiro atoms. The number of halogens is 1. The quantitative estimate of drug-likeness (QED) is 0.839. The highest BCUT2D eigenvalue weighted by atomic mass is 35.5. The topological polar surface area (TPSA) is 38.9 Å². The Morgan fingerprint density at radius 3 is 2.73 bits per heavy atom. The molecule has 1 aromatic rings. The van der Waals surface area contributed by atoms with Crippen LogP contribution in [0.1, 0.15) is 31.2 Å². The molecule has 1 fully saturated rings. The van der Waals surface area contributed by atoms with Crippen LogP contribution in [0.3, 0.4) is 0 Å². The molecule has 0 aliphatic heterocycles. The van der Waals surface area contributed by atoms with Crippen molar-refractivity contribution in [3.8, 4) is 0 Å². The van der Waals surface area contributed by atoms with Gasteiger partial charge in [0, 0.05) is 18.4 Å². The molecule has 2 N–H and O–H groups in total. The fourth-order valence-electron chi connectivity index (χ4n) is 2.27. The van der Waals surface area contributed by atoms with Crippen molar-refractivity contribution in [2.75, 3.05) is 0 Å². The van der Waals surface area contributed by atoms with E-state index in [2.05, 4.69) is 4.98 Å². The van der Waals surface area contributed by atoms with Crippen molar-refractivity contribution in [2.24, 2.45) is 11.7 Å². The van der Waals surface area contributed by atoms with E-state index in [0.717, 1.165) is 30.2 Å². The summed E-state index contributed by atoms with van der Waals surface area (Å²) in [6, 6.07) is 2.45. The molecule has 0 atom stereocenters. The first-order valence-corrected chi connectivity index (χ1v) is 5.97. The zero-order valence-corrected chi connectivity index (χ0v) is 9.58. The molecule has 2 rings (SSSR count). The SMILES string of the molecule is NC1CCC(Cc2ccncc2Cl)CC1. The van der Waals surface area contributed by atoms with E-state index in [1.165, 1.54) is 18.4 Å². The van der Waals surface area contributed by atoms with Crippen molar-refractivity contribution in [2.45, 2.75) is 38.1 Å². The summed E-state index contributed by atoms with van der Waals surface area (Å²) in [4.78, 5) is 4.00. The molecule has 1 aliphatic carbocycles. The van der Waals surface area contributed by atoms with E-state index in [9.17, 15) is 0 Å². The van der Waals surface area contributed by atoms with Gasteiger partial charge < -0.3 is 5.73 Å². The van der Waals surface area contributed by atoms with Crippen LogP contribution >= 0.6 is 11.6 Å². The fraction of sp³-hybridized carbons (Fsp3) is 0.583. The Kier molecular flexibility index (Phi) is 3.60. The maximum atomic E-state index is 6.08. The van der Waals surface area contributed by atoms with Gasteiger partial charge in [0.25, 0.3) is 0 Å². The summed E-state index contributed by atoms with van der Waals surface area (Å²) < 4.78 is 0. The second-order valence-electron chi connectivity index (χ2n) is 4.45. The molecule has 1 aromatic heterocycles. The van der Waals surface area contributed by atoms with Crippen molar-refractivity contribution < 1.29 is 0 Å². The maximum Gasteiger partial charge on any atom is 0.0621 e. The number of hydrogen-bond donors (Lipinski definition) is 1. The van der Waals surface area contributed by atoms with Crippen molar-refractivity contribution >= 4 is 11.6 Å². The highest BCUT2D eigenvalue weighted by Crippen LogP contribution is 2.28. The number of aromatic nitrogens is 1. The minimum absolute atomic E-state index is 0.425. The molecule has 0 bridgehead atoms.